The number of nitrogens with zero attached hydrogens (tertiary/aromatic N) is 3. The Labute approximate surface area is 246 Å². The number of hydrogen-bond acceptors (Lipinski definition) is 7. The molecule has 0 spiro atoms. The fourth-order valence-electron chi connectivity index (χ4n) is 5.10. The minimum absolute atomic E-state index is 0.0713. The number of fused-ring (bicyclic) bond motifs is 2. The molecule has 0 saturated carbocycles. The Morgan fingerprint density at radius 3 is 2.63 bits per heavy atom. The number of nitrogens with one attached hydrogen (secondary N) is 3. The van der Waals surface area contributed by atoms with Gasteiger partial charge in [-0.1, -0.05) is 19.1 Å². The van der Waals surface area contributed by atoms with Gasteiger partial charge in [-0.15, -0.1) is 0 Å². The number of sulfone groups is 1. The third-order valence-electron chi connectivity index (χ3n) is 7.20. The Bertz CT molecular complexity index is 2120. The summed E-state index contributed by atoms with van der Waals surface area (Å²) >= 11 is 0. The van der Waals surface area contributed by atoms with E-state index in [1.165, 1.54) is 6.07 Å². The molecule has 10 nitrogen and oxygen atoms in total. The van der Waals surface area contributed by atoms with Crippen LogP contribution in [0.15, 0.2) is 73.2 Å². The molecule has 1 atom stereocenters. The quantitative estimate of drug-likeness (QED) is 0.175. The first-order chi connectivity index (χ1) is 20.6. The van der Waals surface area contributed by atoms with Crippen molar-refractivity contribution >= 4 is 43.4 Å². The molecule has 4 heterocycles. The molecule has 218 valence electrons. The van der Waals surface area contributed by atoms with Crippen LogP contribution in [0.25, 0.3) is 55.6 Å². The summed E-state index contributed by atoms with van der Waals surface area (Å²) in [5.74, 6) is -0.654. The zero-order chi connectivity index (χ0) is 30.3. The molecule has 12 heteroatoms. The highest BCUT2D eigenvalue weighted by atomic mass is 32.2. The summed E-state index contributed by atoms with van der Waals surface area (Å²) in [5.41, 5.74) is 12.2. The molecule has 0 aliphatic heterocycles. The van der Waals surface area contributed by atoms with Gasteiger partial charge in [-0.2, -0.15) is 5.10 Å². The molecule has 43 heavy (non-hydrogen) atoms. The Hall–Kier alpha value is -4.94. The van der Waals surface area contributed by atoms with Crippen molar-refractivity contribution in [1.29, 1.82) is 0 Å². The summed E-state index contributed by atoms with van der Waals surface area (Å²) in [6, 6.07) is 15.4. The van der Waals surface area contributed by atoms with Gasteiger partial charge < -0.3 is 16.0 Å². The van der Waals surface area contributed by atoms with Crippen LogP contribution >= 0.6 is 0 Å². The van der Waals surface area contributed by atoms with Crippen molar-refractivity contribution in [3.63, 3.8) is 0 Å². The van der Waals surface area contributed by atoms with Gasteiger partial charge in [-0.05, 0) is 65.6 Å². The van der Waals surface area contributed by atoms with Crippen molar-refractivity contribution in [2.45, 2.75) is 25.1 Å². The SMILES string of the molecule is CCCC(=O)Nc1cncc(-c2cnc3n[nH]c(-c4cc5c(-c6cc(F)cc(C(N)S(C)(=O)=O)c6)cccc5[nH]4)c3c2)c1. The van der Waals surface area contributed by atoms with Gasteiger partial charge in [0.25, 0.3) is 0 Å². The van der Waals surface area contributed by atoms with E-state index in [2.05, 4.69) is 30.5 Å². The predicted molar refractivity (Wildman–Crippen MR) is 165 cm³/mol. The van der Waals surface area contributed by atoms with Crippen molar-refractivity contribution in [2.24, 2.45) is 5.73 Å². The monoisotopic (exact) mass is 597 g/mol. The summed E-state index contributed by atoms with van der Waals surface area (Å²) in [6.45, 7) is 1.95. The molecule has 6 aromatic rings. The topological polar surface area (TPSA) is 160 Å². The second kappa shape index (κ2) is 11.0. The average molecular weight is 598 g/mol. The molecule has 2 aromatic carbocycles. The standard InChI is InChI=1S/C31H28FN7O3S/c1-3-5-28(40)36-22-11-19(14-34-16-22)20-12-25-29(38-39-31(25)35-15-20)27-13-24-23(6-4-7-26(24)37-27)17-8-18(10-21(32)9-17)30(33)43(2,41)42/h4,6-16,30,37H,3,5,33H2,1-2H3,(H,36,40)(H,35,38,39). The lowest BCUT2D eigenvalue weighted by Crippen LogP contribution is -2.20. The first-order valence-corrected chi connectivity index (χ1v) is 15.5. The fraction of sp³-hybridized carbons (Fsp3) is 0.161. The van der Waals surface area contributed by atoms with E-state index in [-0.39, 0.29) is 11.5 Å². The molecule has 0 fully saturated rings. The van der Waals surface area contributed by atoms with E-state index >= 15 is 0 Å². The van der Waals surface area contributed by atoms with Crippen LogP contribution in [0.2, 0.25) is 0 Å². The van der Waals surface area contributed by atoms with Crippen LogP contribution in [0.5, 0.6) is 0 Å². The third kappa shape index (κ3) is 5.62. The van der Waals surface area contributed by atoms with Crippen LogP contribution in [-0.4, -0.2) is 45.7 Å². The van der Waals surface area contributed by atoms with Crippen LogP contribution < -0.4 is 11.1 Å². The summed E-state index contributed by atoms with van der Waals surface area (Å²) in [4.78, 5) is 24.3. The molecule has 1 unspecified atom stereocenters. The Balaban J connectivity index is 1.40. The molecule has 0 aliphatic carbocycles. The first kappa shape index (κ1) is 28.2. The van der Waals surface area contributed by atoms with Gasteiger partial charge in [0.15, 0.2) is 15.5 Å². The largest absolute Gasteiger partial charge is 0.353 e. The second-order valence-corrected chi connectivity index (χ2v) is 12.6. The first-order valence-electron chi connectivity index (χ1n) is 13.6. The minimum Gasteiger partial charge on any atom is -0.353 e. The van der Waals surface area contributed by atoms with Crippen LogP contribution in [0, 0.1) is 5.82 Å². The van der Waals surface area contributed by atoms with Crippen molar-refractivity contribution in [3.05, 3.63) is 84.6 Å². The maximum Gasteiger partial charge on any atom is 0.224 e. The van der Waals surface area contributed by atoms with Crippen molar-refractivity contribution < 1.29 is 17.6 Å². The van der Waals surface area contributed by atoms with Crippen LogP contribution in [-0.2, 0) is 14.6 Å². The molecule has 1 amide bonds. The highest BCUT2D eigenvalue weighted by Crippen LogP contribution is 2.36. The molecular weight excluding hydrogens is 569 g/mol. The van der Waals surface area contributed by atoms with E-state index in [0.29, 0.717) is 34.6 Å². The van der Waals surface area contributed by atoms with Gasteiger partial charge in [0, 0.05) is 52.5 Å². The molecule has 0 radical (unpaired) electrons. The number of halogens is 1. The van der Waals surface area contributed by atoms with Gasteiger partial charge >= 0.3 is 0 Å². The van der Waals surface area contributed by atoms with Crippen molar-refractivity contribution in [1.82, 2.24) is 25.1 Å². The number of carbonyl (C=O) groups excluding carboxylic acids is 1. The molecule has 5 N–H and O–H groups in total. The smallest absolute Gasteiger partial charge is 0.224 e. The highest BCUT2D eigenvalue weighted by molar-refractivity contribution is 7.90. The second-order valence-electron chi connectivity index (χ2n) is 10.4. The number of aromatic nitrogens is 5. The maximum absolute atomic E-state index is 14.7. The van der Waals surface area contributed by atoms with Crippen LogP contribution in [0.3, 0.4) is 0 Å². The number of anilines is 1. The van der Waals surface area contributed by atoms with Gasteiger partial charge in [-0.25, -0.2) is 17.8 Å². The number of pyridine rings is 2. The van der Waals surface area contributed by atoms with Crippen molar-refractivity contribution in [3.8, 4) is 33.6 Å². The number of benzene rings is 2. The van der Waals surface area contributed by atoms with E-state index in [4.69, 9.17) is 5.73 Å². The average Bonchev–Trinajstić information content (AvgIpc) is 3.60. The Kier molecular flexibility index (Phi) is 7.24. The maximum atomic E-state index is 14.7. The lowest BCUT2D eigenvalue weighted by molar-refractivity contribution is -0.116. The Morgan fingerprint density at radius 2 is 1.84 bits per heavy atom. The third-order valence-corrected chi connectivity index (χ3v) is 8.39. The number of aromatic amines is 2. The van der Waals surface area contributed by atoms with E-state index in [1.807, 2.05) is 43.3 Å². The zero-order valence-corrected chi connectivity index (χ0v) is 24.2. The molecule has 0 bridgehead atoms. The number of amides is 1. The Morgan fingerprint density at radius 1 is 1.02 bits per heavy atom. The van der Waals surface area contributed by atoms with E-state index < -0.39 is 21.0 Å². The summed E-state index contributed by atoms with van der Waals surface area (Å²) in [6.07, 6.45) is 7.21. The summed E-state index contributed by atoms with van der Waals surface area (Å²) in [5, 5.41) is 10.5. The number of H-pyrrole nitrogens is 2. The number of rotatable bonds is 8. The zero-order valence-electron chi connectivity index (χ0n) is 23.3. The van der Waals surface area contributed by atoms with E-state index in [9.17, 15) is 17.6 Å². The fourth-order valence-corrected chi connectivity index (χ4v) is 5.73. The number of hydrogen-bond donors (Lipinski definition) is 4. The highest BCUT2D eigenvalue weighted by Gasteiger charge is 2.21. The van der Waals surface area contributed by atoms with Gasteiger partial charge in [0.1, 0.15) is 11.2 Å². The number of nitrogens with two attached hydrogens (primary N) is 1. The normalized spacial score (nSPS) is 12.6. The summed E-state index contributed by atoms with van der Waals surface area (Å²) in [7, 11) is -3.63. The van der Waals surface area contributed by atoms with Crippen LogP contribution in [0.4, 0.5) is 10.1 Å². The van der Waals surface area contributed by atoms with Crippen molar-refractivity contribution in [2.75, 3.05) is 11.6 Å². The van der Waals surface area contributed by atoms with Gasteiger partial charge in [-0.3, -0.25) is 14.9 Å². The molecule has 0 aliphatic rings. The number of carbonyl (C=O) groups is 1. The molecule has 4 aromatic heterocycles. The van der Waals surface area contributed by atoms with Gasteiger partial charge in [0.2, 0.25) is 5.91 Å². The van der Waals surface area contributed by atoms with Crippen LogP contribution in [0.1, 0.15) is 30.7 Å². The molecule has 6 rings (SSSR count). The van der Waals surface area contributed by atoms with Gasteiger partial charge in [0.05, 0.1) is 23.3 Å². The minimum atomic E-state index is -3.63. The molecule has 0 saturated heterocycles. The predicted octanol–water partition coefficient (Wildman–Crippen LogP) is 5.71. The summed E-state index contributed by atoms with van der Waals surface area (Å²) < 4.78 is 38.8. The molecular formula is C31H28FN7O3S. The lowest BCUT2D eigenvalue weighted by atomic mass is 9.99. The van der Waals surface area contributed by atoms with E-state index in [0.717, 1.165) is 51.9 Å². The lowest BCUT2D eigenvalue weighted by Gasteiger charge is -2.12. The van der Waals surface area contributed by atoms with E-state index in [1.54, 1.807) is 24.7 Å².